The van der Waals surface area contributed by atoms with Crippen molar-refractivity contribution in [2.24, 2.45) is 21.3 Å². The third-order valence-electron chi connectivity index (χ3n) is 12.7. The monoisotopic (exact) mass is 584 g/mol. The summed E-state index contributed by atoms with van der Waals surface area (Å²) in [6, 6.07) is 23.9. The van der Waals surface area contributed by atoms with Crippen LogP contribution < -0.4 is 10.9 Å². The van der Waals surface area contributed by atoms with E-state index in [1.807, 2.05) is 0 Å². The van der Waals surface area contributed by atoms with Gasteiger partial charge in [0.15, 0.2) is 0 Å². The standard InChI is InChI=1S/C40H37BN4/c1-21-6-8-32-26(14-21)28-16-23(3)18-30-34(28)44(32)37-36-39(5,43-38(42-37)40-12-10-25(20-40)11-13-40)45-33-9-7-22(2)15-27(33)29-17-24(4)19-31(35(29)45)41(30)36/h6-9,14-19,25,36H,10-13,20H2,1-5H3. The van der Waals surface area contributed by atoms with Crippen molar-refractivity contribution < 1.29 is 0 Å². The Bertz CT molecular complexity index is 2450. The Hall–Kier alpha value is -4.12. The average molecular weight is 585 g/mol. The Morgan fingerprint density at radius 3 is 1.98 bits per heavy atom. The van der Waals surface area contributed by atoms with Gasteiger partial charge in [0, 0.05) is 38.3 Å². The molecular formula is C40H37BN4. The van der Waals surface area contributed by atoms with Crippen LogP contribution in [0.4, 0.5) is 0 Å². The number of aromatic nitrogens is 2. The number of amidine groups is 1. The second-order valence-electron chi connectivity index (χ2n) is 15.6. The molecule has 5 heterocycles. The molecule has 11 rings (SSSR count). The first-order valence-electron chi connectivity index (χ1n) is 17.0. The highest BCUT2D eigenvalue weighted by molar-refractivity contribution is 6.93. The van der Waals surface area contributed by atoms with Crippen LogP contribution in [0.1, 0.15) is 61.3 Å². The first-order valence-corrected chi connectivity index (χ1v) is 17.0. The van der Waals surface area contributed by atoms with Crippen molar-refractivity contribution in [1.29, 1.82) is 0 Å². The second-order valence-corrected chi connectivity index (χ2v) is 15.6. The van der Waals surface area contributed by atoms with Gasteiger partial charge in [-0.05, 0) is 120 Å². The Labute approximate surface area is 263 Å². The van der Waals surface area contributed by atoms with Crippen LogP contribution >= 0.6 is 0 Å². The van der Waals surface area contributed by atoms with E-state index >= 15 is 0 Å². The van der Waals surface area contributed by atoms with Crippen molar-refractivity contribution >= 4 is 72.9 Å². The first kappa shape index (κ1) is 25.1. The highest BCUT2D eigenvalue weighted by atomic mass is 15.3. The summed E-state index contributed by atoms with van der Waals surface area (Å²) in [6.07, 6.45) is 6.35. The molecule has 2 saturated carbocycles. The van der Waals surface area contributed by atoms with Gasteiger partial charge in [-0.25, -0.2) is 9.98 Å². The molecular weight excluding hydrogens is 547 g/mol. The molecule has 6 aromatic rings. The summed E-state index contributed by atoms with van der Waals surface area (Å²) < 4.78 is 5.24. The average Bonchev–Trinajstić information content (AvgIpc) is 3.78. The second kappa shape index (κ2) is 7.81. The van der Waals surface area contributed by atoms with Gasteiger partial charge in [0.25, 0.3) is 0 Å². The molecule has 0 amide bonds. The normalized spacial score (nSPS) is 27.6. The summed E-state index contributed by atoms with van der Waals surface area (Å²) in [7, 11) is 0. The fourth-order valence-electron chi connectivity index (χ4n) is 10.9. The Morgan fingerprint density at radius 2 is 1.31 bits per heavy atom. The molecule has 0 radical (unpaired) electrons. The molecule has 3 aliphatic heterocycles. The quantitative estimate of drug-likeness (QED) is 0.175. The smallest absolute Gasteiger partial charge is 0.230 e. The van der Waals surface area contributed by atoms with E-state index in [1.165, 1.54) is 115 Å². The molecule has 2 unspecified atom stereocenters. The lowest BCUT2D eigenvalue weighted by atomic mass is 9.28. The largest absolute Gasteiger partial charge is 0.316 e. The summed E-state index contributed by atoms with van der Waals surface area (Å²) in [5.41, 5.74) is 13.1. The zero-order valence-corrected chi connectivity index (χ0v) is 26.8. The van der Waals surface area contributed by atoms with Crippen LogP contribution in [0.25, 0.3) is 43.6 Å². The lowest BCUT2D eigenvalue weighted by Gasteiger charge is -2.50. The first-order chi connectivity index (χ1) is 21.7. The molecule has 5 aliphatic rings. The number of rotatable bonds is 1. The predicted molar refractivity (Wildman–Crippen MR) is 190 cm³/mol. The van der Waals surface area contributed by atoms with Gasteiger partial charge >= 0.3 is 0 Å². The van der Waals surface area contributed by atoms with Gasteiger partial charge in [-0.15, -0.1) is 0 Å². The fraction of sp³-hybridized carbons (Fsp3) is 0.350. The fourth-order valence-corrected chi connectivity index (χ4v) is 10.9. The van der Waals surface area contributed by atoms with E-state index in [-0.39, 0.29) is 17.9 Å². The Kier molecular flexibility index (Phi) is 4.36. The minimum atomic E-state index is -0.501. The van der Waals surface area contributed by atoms with Crippen LogP contribution in [-0.4, -0.2) is 27.5 Å². The molecule has 45 heavy (non-hydrogen) atoms. The van der Waals surface area contributed by atoms with Crippen molar-refractivity contribution in [2.45, 2.75) is 78.2 Å². The van der Waals surface area contributed by atoms with Crippen molar-refractivity contribution in [3.63, 3.8) is 0 Å². The van der Waals surface area contributed by atoms with Crippen molar-refractivity contribution in [3.8, 4) is 0 Å². The number of aryl methyl sites for hydroxylation is 4. The molecule has 2 fully saturated rings. The van der Waals surface area contributed by atoms with Crippen LogP contribution in [0.3, 0.4) is 0 Å². The van der Waals surface area contributed by atoms with Crippen molar-refractivity contribution in [3.05, 3.63) is 82.9 Å². The molecule has 2 aromatic heterocycles. The number of nitrogens with zero attached hydrogens (tertiary/aromatic N) is 4. The molecule has 2 bridgehead atoms. The predicted octanol–water partition coefficient (Wildman–Crippen LogP) is 8.05. The van der Waals surface area contributed by atoms with Gasteiger partial charge in [0.05, 0.1) is 16.6 Å². The number of hydrogen-bond acceptors (Lipinski definition) is 2. The highest BCUT2D eigenvalue weighted by Gasteiger charge is 2.59. The third kappa shape index (κ3) is 2.84. The van der Waals surface area contributed by atoms with Crippen LogP contribution in [-0.2, 0) is 5.66 Å². The van der Waals surface area contributed by atoms with Crippen molar-refractivity contribution in [1.82, 2.24) is 9.13 Å². The van der Waals surface area contributed by atoms with Crippen molar-refractivity contribution in [2.75, 3.05) is 0 Å². The van der Waals surface area contributed by atoms with Crippen LogP contribution in [0, 0.1) is 39.0 Å². The molecule has 220 valence electrons. The Morgan fingerprint density at radius 1 is 0.711 bits per heavy atom. The molecule has 4 nitrogen and oxygen atoms in total. The van der Waals surface area contributed by atoms with Gasteiger partial charge in [-0.3, -0.25) is 4.57 Å². The van der Waals surface area contributed by atoms with E-state index in [1.54, 1.807) is 0 Å². The van der Waals surface area contributed by atoms with Crippen LogP contribution in [0.5, 0.6) is 0 Å². The van der Waals surface area contributed by atoms with Gasteiger partial charge in [-0.1, -0.05) is 46.5 Å². The number of aliphatic imine (C=N–C) groups is 2. The maximum absolute atomic E-state index is 5.98. The Balaban J connectivity index is 1.37. The minimum absolute atomic E-state index is 0.0834. The molecule has 4 aromatic carbocycles. The highest BCUT2D eigenvalue weighted by Crippen LogP contribution is 2.58. The summed E-state index contributed by atoms with van der Waals surface area (Å²) in [5.74, 6) is 3.26. The van der Waals surface area contributed by atoms with E-state index in [2.05, 4.69) is 104 Å². The van der Waals surface area contributed by atoms with Gasteiger partial charge in [0.2, 0.25) is 6.71 Å². The summed E-state index contributed by atoms with van der Waals surface area (Å²) in [5, 5.41) is 5.43. The molecule has 5 heteroatoms. The zero-order valence-electron chi connectivity index (χ0n) is 26.8. The maximum Gasteiger partial charge on any atom is 0.230 e. The minimum Gasteiger partial charge on any atom is -0.316 e. The number of fused-ring (bicyclic) bond motifs is 12. The summed E-state index contributed by atoms with van der Waals surface area (Å²) in [4.78, 5) is 11.8. The molecule has 2 atom stereocenters. The van der Waals surface area contributed by atoms with E-state index < -0.39 is 5.66 Å². The lowest BCUT2D eigenvalue weighted by molar-refractivity contribution is 0.339. The molecule has 0 spiro atoms. The van der Waals surface area contributed by atoms with E-state index in [0.29, 0.717) is 0 Å². The number of benzene rings is 4. The zero-order chi connectivity index (χ0) is 30.1. The molecule has 2 aliphatic carbocycles. The van der Waals surface area contributed by atoms with Gasteiger partial charge in [-0.2, -0.15) is 0 Å². The van der Waals surface area contributed by atoms with E-state index in [9.17, 15) is 0 Å². The maximum atomic E-state index is 5.98. The molecule has 0 N–H and O–H groups in total. The topological polar surface area (TPSA) is 34.6 Å². The SMILES string of the molecule is Cc1ccc2c(c1)c1cc(C)cc3c1n2C1=NC(C24CCC(CC2)C4)=NC2(C)C1B3c1cc(C)cc3c4cc(C)ccc4n2c13. The molecule has 0 saturated heterocycles. The van der Waals surface area contributed by atoms with Crippen LogP contribution in [0.2, 0.25) is 5.82 Å². The van der Waals surface area contributed by atoms with Gasteiger partial charge in [0.1, 0.15) is 17.3 Å². The number of hydrogen-bond donors (Lipinski definition) is 0. The third-order valence-corrected chi connectivity index (χ3v) is 12.7. The lowest BCUT2D eigenvalue weighted by Crippen LogP contribution is -2.64. The van der Waals surface area contributed by atoms with E-state index in [0.717, 1.165) is 11.8 Å². The van der Waals surface area contributed by atoms with E-state index in [4.69, 9.17) is 9.98 Å². The summed E-state index contributed by atoms with van der Waals surface area (Å²) in [6.45, 7) is 11.6. The summed E-state index contributed by atoms with van der Waals surface area (Å²) >= 11 is 0. The van der Waals surface area contributed by atoms with Gasteiger partial charge < -0.3 is 4.57 Å². The van der Waals surface area contributed by atoms with Crippen LogP contribution in [0.15, 0.2) is 70.6 Å².